The molecule has 0 amide bonds. The average Bonchev–Trinajstić information content (AvgIpc) is 3.49. The predicted octanol–water partition coefficient (Wildman–Crippen LogP) is 6.12. The van der Waals surface area contributed by atoms with E-state index in [1.165, 1.54) is 35.6 Å². The van der Waals surface area contributed by atoms with E-state index in [9.17, 15) is 31.1 Å². The first-order valence-electron chi connectivity index (χ1n) is 11.7. The van der Waals surface area contributed by atoms with Crippen molar-refractivity contribution in [1.29, 1.82) is 0 Å². The normalized spacial score (nSPS) is 15.9. The number of likely N-dealkylation sites (tertiary alicyclic amines) is 1. The van der Waals surface area contributed by atoms with Crippen molar-refractivity contribution in [2.75, 3.05) is 13.1 Å². The van der Waals surface area contributed by atoms with Gasteiger partial charge in [-0.25, -0.2) is 22.9 Å². The smallest absolute Gasteiger partial charge is 0.439 e. The van der Waals surface area contributed by atoms with E-state index in [1.54, 1.807) is 0 Å². The lowest BCUT2D eigenvalue weighted by atomic mass is 10.1. The summed E-state index contributed by atoms with van der Waals surface area (Å²) in [5, 5.41) is 3.89. The van der Waals surface area contributed by atoms with Gasteiger partial charge in [0, 0.05) is 44.1 Å². The van der Waals surface area contributed by atoms with Gasteiger partial charge in [0.25, 0.3) is 5.92 Å². The number of alkyl halides is 5. The van der Waals surface area contributed by atoms with E-state index in [2.05, 4.69) is 19.6 Å². The highest BCUT2D eigenvalue weighted by Crippen LogP contribution is 2.35. The number of nitrogens with zero attached hydrogens (tertiary/aromatic N) is 3. The molecule has 1 aliphatic rings. The Morgan fingerprint density at radius 2 is 1.82 bits per heavy atom. The number of ether oxygens (including phenoxy) is 1. The molecule has 3 heterocycles. The van der Waals surface area contributed by atoms with Gasteiger partial charge < -0.3 is 4.74 Å². The second-order valence-corrected chi connectivity index (χ2v) is 10.1. The number of piperidine rings is 1. The van der Waals surface area contributed by atoms with E-state index >= 15 is 0 Å². The fraction of sp³-hybridized carbons (Fsp3) is 0.320. The summed E-state index contributed by atoms with van der Waals surface area (Å²) in [6, 6.07) is 8.49. The lowest BCUT2D eigenvalue weighted by Crippen LogP contribution is -2.39. The zero-order chi connectivity index (χ0) is 27.8. The van der Waals surface area contributed by atoms with Crippen molar-refractivity contribution >= 4 is 11.3 Å². The minimum atomic E-state index is -4.48. The predicted molar refractivity (Wildman–Crippen MR) is 129 cm³/mol. The van der Waals surface area contributed by atoms with E-state index in [0.29, 0.717) is 21.1 Å². The van der Waals surface area contributed by atoms with Crippen LogP contribution in [0.1, 0.15) is 29.0 Å². The molecule has 206 valence electrons. The van der Waals surface area contributed by atoms with Gasteiger partial charge in [-0.05, 0) is 24.3 Å². The molecule has 1 fully saturated rings. The fourth-order valence-corrected chi connectivity index (χ4v) is 5.06. The van der Waals surface area contributed by atoms with Crippen molar-refractivity contribution in [3.05, 3.63) is 75.0 Å². The third kappa shape index (κ3) is 6.33. The van der Waals surface area contributed by atoms with E-state index in [4.69, 9.17) is 4.74 Å². The molecule has 0 atom stereocenters. The molecular weight excluding hydrogens is 550 g/mol. The van der Waals surface area contributed by atoms with Gasteiger partial charge in [-0.3, -0.25) is 14.4 Å². The summed E-state index contributed by atoms with van der Waals surface area (Å²) in [5.41, 5.74) is 0.208. The monoisotopic (exact) mass is 570 g/mol. The van der Waals surface area contributed by atoms with Crippen LogP contribution in [0.3, 0.4) is 0 Å². The van der Waals surface area contributed by atoms with Crippen molar-refractivity contribution < 1.29 is 35.6 Å². The number of hydrogen-bond acceptors (Lipinski definition) is 7. The number of H-pyrrole nitrogens is 1. The molecule has 0 saturated carbocycles. The van der Waals surface area contributed by atoms with Gasteiger partial charge in [0.2, 0.25) is 0 Å². The molecule has 0 radical (unpaired) electrons. The van der Waals surface area contributed by atoms with Crippen LogP contribution in [0.25, 0.3) is 22.0 Å². The summed E-state index contributed by atoms with van der Waals surface area (Å²) in [7, 11) is 0. The van der Waals surface area contributed by atoms with Crippen LogP contribution in [-0.2, 0) is 19.3 Å². The molecule has 1 saturated heterocycles. The quantitative estimate of drug-likeness (QED) is 0.270. The van der Waals surface area contributed by atoms with Crippen molar-refractivity contribution in [3.63, 3.8) is 0 Å². The van der Waals surface area contributed by atoms with Crippen LogP contribution >= 0.6 is 11.3 Å². The number of nitrogens with one attached hydrogen (secondary N) is 1. The Hall–Kier alpha value is -3.65. The van der Waals surface area contributed by atoms with E-state index < -0.39 is 29.2 Å². The summed E-state index contributed by atoms with van der Waals surface area (Å²) >= 11 is 1.19. The van der Waals surface area contributed by atoms with Crippen LogP contribution in [0.4, 0.5) is 26.3 Å². The average molecular weight is 571 g/mol. The molecule has 0 bridgehead atoms. The molecule has 39 heavy (non-hydrogen) atoms. The number of benzene rings is 2. The zero-order valence-electron chi connectivity index (χ0n) is 20.0. The Labute approximate surface area is 221 Å². The van der Waals surface area contributed by atoms with Crippen molar-refractivity contribution in [3.8, 4) is 27.7 Å². The zero-order valence-corrected chi connectivity index (χ0v) is 20.8. The molecule has 0 unspecified atom stereocenters. The third-order valence-corrected chi connectivity index (χ3v) is 7.32. The summed E-state index contributed by atoms with van der Waals surface area (Å²) in [6.45, 7) is 0.532. The highest BCUT2D eigenvalue weighted by Gasteiger charge is 2.34. The van der Waals surface area contributed by atoms with Crippen LogP contribution in [0.5, 0.6) is 5.75 Å². The summed E-state index contributed by atoms with van der Waals surface area (Å²) in [5.74, 6) is -4.19. The minimum absolute atomic E-state index is 0.00169. The van der Waals surface area contributed by atoms with Crippen LogP contribution < -0.4 is 10.5 Å². The van der Waals surface area contributed by atoms with E-state index in [-0.39, 0.29) is 56.2 Å². The first-order valence-corrected chi connectivity index (χ1v) is 12.5. The van der Waals surface area contributed by atoms with Gasteiger partial charge in [-0.15, -0.1) is 11.3 Å². The van der Waals surface area contributed by atoms with Gasteiger partial charge in [0.1, 0.15) is 23.2 Å². The molecule has 14 heteroatoms. The van der Waals surface area contributed by atoms with Gasteiger partial charge in [0.05, 0.1) is 21.7 Å². The SMILES string of the molecule is O=c1[nH]c(-c2ccc(OCc3sc(-c4ccc(C(F)(F)F)cc4)nc3CN3CCC(F)(F)CC3)cc2F)no1. The Kier molecular flexibility index (Phi) is 7.25. The van der Waals surface area contributed by atoms with Crippen LogP contribution in [0.15, 0.2) is 51.8 Å². The minimum Gasteiger partial charge on any atom is -0.488 e. The first-order chi connectivity index (χ1) is 18.5. The van der Waals surface area contributed by atoms with Crippen molar-refractivity contribution in [1.82, 2.24) is 20.0 Å². The summed E-state index contributed by atoms with van der Waals surface area (Å²) < 4.78 is 91.0. The Balaban J connectivity index is 1.37. The molecule has 1 N–H and O–H groups in total. The maximum atomic E-state index is 14.6. The lowest BCUT2D eigenvalue weighted by molar-refractivity contribution is -0.137. The molecule has 4 aromatic rings. The Bertz CT molecular complexity index is 1500. The van der Waals surface area contributed by atoms with E-state index in [0.717, 1.165) is 18.2 Å². The van der Waals surface area contributed by atoms with Gasteiger partial charge in [0.15, 0.2) is 5.82 Å². The molecule has 7 nitrogen and oxygen atoms in total. The number of rotatable bonds is 7. The van der Waals surface area contributed by atoms with Crippen LogP contribution in [0.2, 0.25) is 0 Å². The number of aromatic nitrogens is 3. The maximum Gasteiger partial charge on any atom is 0.439 e. The van der Waals surface area contributed by atoms with E-state index in [1.807, 2.05) is 4.90 Å². The van der Waals surface area contributed by atoms with Crippen molar-refractivity contribution in [2.24, 2.45) is 0 Å². The summed E-state index contributed by atoms with van der Waals surface area (Å²) in [6.07, 6.45) is -5.04. The first kappa shape index (κ1) is 26.9. The van der Waals surface area contributed by atoms with Crippen LogP contribution in [-0.4, -0.2) is 39.0 Å². The number of halogens is 6. The maximum absolute atomic E-state index is 14.6. The number of hydrogen-bond donors (Lipinski definition) is 1. The highest BCUT2D eigenvalue weighted by molar-refractivity contribution is 7.15. The fourth-order valence-electron chi connectivity index (χ4n) is 4.07. The second-order valence-electron chi connectivity index (χ2n) is 8.97. The van der Waals surface area contributed by atoms with Crippen molar-refractivity contribution in [2.45, 2.75) is 38.1 Å². The molecule has 0 aliphatic carbocycles. The third-order valence-electron chi connectivity index (χ3n) is 6.20. The number of aromatic amines is 1. The highest BCUT2D eigenvalue weighted by atomic mass is 32.1. The molecule has 0 spiro atoms. The lowest BCUT2D eigenvalue weighted by Gasteiger charge is -2.31. The Morgan fingerprint density at radius 3 is 2.44 bits per heavy atom. The molecule has 1 aliphatic heterocycles. The van der Waals surface area contributed by atoms with Gasteiger partial charge in [-0.1, -0.05) is 17.3 Å². The number of thiazole rings is 1. The molecule has 2 aromatic heterocycles. The Morgan fingerprint density at radius 1 is 1.10 bits per heavy atom. The summed E-state index contributed by atoms with van der Waals surface area (Å²) in [4.78, 5) is 20.4. The van der Waals surface area contributed by atoms with Crippen LogP contribution in [0, 0.1) is 5.82 Å². The largest absolute Gasteiger partial charge is 0.488 e. The van der Waals surface area contributed by atoms with Gasteiger partial charge in [-0.2, -0.15) is 13.2 Å². The second kappa shape index (κ2) is 10.5. The topological polar surface area (TPSA) is 84.3 Å². The molecular formula is C25H20F6N4O3S. The standard InChI is InChI=1S/C25H20F6N4O3S/c26-18-11-16(5-6-17(18)21-33-23(36)38-34-21)37-13-20-19(12-35-9-7-24(27,28)8-10-35)32-22(39-20)14-1-3-15(4-2-14)25(29,30)31/h1-6,11H,7-10,12-13H2,(H,33,34,36). The van der Waals surface area contributed by atoms with Gasteiger partial charge >= 0.3 is 11.9 Å². The molecule has 2 aromatic carbocycles. The molecule has 5 rings (SSSR count).